The van der Waals surface area contributed by atoms with Gasteiger partial charge in [-0.05, 0) is 12.8 Å². The van der Waals surface area contributed by atoms with Gasteiger partial charge in [-0.1, -0.05) is 26.2 Å². The molecule has 0 aliphatic carbocycles. The van der Waals surface area contributed by atoms with Crippen molar-refractivity contribution in [2.24, 2.45) is 0 Å². The fourth-order valence-electron chi connectivity index (χ4n) is 1.62. The molecule has 1 amide bonds. The molecule has 17 heavy (non-hydrogen) atoms. The molecule has 1 aromatic heterocycles. The number of aromatic amines is 1. The first-order chi connectivity index (χ1) is 8.22. The van der Waals surface area contributed by atoms with Gasteiger partial charge in [0.25, 0.3) is 0 Å². The molecule has 0 bridgehead atoms. The van der Waals surface area contributed by atoms with E-state index in [1.165, 1.54) is 19.3 Å². The fraction of sp³-hybridized carbons (Fsp3) is 0.667. The lowest BCUT2D eigenvalue weighted by molar-refractivity contribution is -0.121. The molecule has 1 rings (SSSR count). The topological polar surface area (TPSA) is 83.8 Å². The summed E-state index contributed by atoms with van der Waals surface area (Å²) < 4.78 is 0. The van der Waals surface area contributed by atoms with Crippen LogP contribution in [0.5, 0.6) is 0 Å². The maximum atomic E-state index is 11.5. The summed E-state index contributed by atoms with van der Waals surface area (Å²) in [5.41, 5.74) is 6.35. The second kappa shape index (κ2) is 7.70. The smallest absolute Gasteiger partial charge is 0.220 e. The number of nitrogens with one attached hydrogen (secondary N) is 2. The maximum Gasteiger partial charge on any atom is 0.220 e. The SMILES string of the molecule is CCCCCCNC(=O)CCc1cnc(N)[nH]1. The van der Waals surface area contributed by atoms with Gasteiger partial charge >= 0.3 is 0 Å². The van der Waals surface area contributed by atoms with Crippen LogP contribution >= 0.6 is 0 Å². The van der Waals surface area contributed by atoms with Gasteiger partial charge in [-0.2, -0.15) is 0 Å². The zero-order valence-electron chi connectivity index (χ0n) is 10.5. The molecule has 1 heterocycles. The summed E-state index contributed by atoms with van der Waals surface area (Å²) in [6.07, 6.45) is 7.52. The predicted molar refractivity (Wildman–Crippen MR) is 68.5 cm³/mol. The van der Waals surface area contributed by atoms with Crippen molar-refractivity contribution in [1.29, 1.82) is 0 Å². The molecule has 5 nitrogen and oxygen atoms in total. The molecule has 0 aliphatic heterocycles. The van der Waals surface area contributed by atoms with Crippen LogP contribution in [-0.2, 0) is 11.2 Å². The monoisotopic (exact) mass is 238 g/mol. The molecule has 0 atom stereocenters. The summed E-state index contributed by atoms with van der Waals surface area (Å²) in [5, 5.41) is 2.91. The molecule has 0 radical (unpaired) electrons. The van der Waals surface area contributed by atoms with E-state index in [0.29, 0.717) is 18.8 Å². The van der Waals surface area contributed by atoms with E-state index in [0.717, 1.165) is 18.7 Å². The van der Waals surface area contributed by atoms with Crippen LogP contribution in [0.1, 0.15) is 44.7 Å². The summed E-state index contributed by atoms with van der Waals surface area (Å²) in [5.74, 6) is 0.495. The molecule has 5 heteroatoms. The summed E-state index contributed by atoms with van der Waals surface area (Å²) in [4.78, 5) is 18.3. The number of aromatic nitrogens is 2. The van der Waals surface area contributed by atoms with E-state index < -0.39 is 0 Å². The first-order valence-electron chi connectivity index (χ1n) is 6.28. The van der Waals surface area contributed by atoms with Crippen LogP contribution in [0.2, 0.25) is 0 Å². The van der Waals surface area contributed by atoms with Crippen LogP contribution < -0.4 is 11.1 Å². The van der Waals surface area contributed by atoms with E-state index in [-0.39, 0.29) is 5.91 Å². The third-order valence-corrected chi connectivity index (χ3v) is 2.62. The molecular weight excluding hydrogens is 216 g/mol. The quantitative estimate of drug-likeness (QED) is 0.602. The normalized spacial score (nSPS) is 10.4. The average molecular weight is 238 g/mol. The standard InChI is InChI=1S/C12H22N4O/c1-2-3-4-5-8-14-11(17)7-6-10-9-15-12(13)16-10/h9H,2-8H2,1H3,(H,14,17)(H3,13,15,16). The van der Waals surface area contributed by atoms with Crippen molar-refractivity contribution >= 4 is 11.9 Å². The molecule has 0 unspecified atom stereocenters. The maximum absolute atomic E-state index is 11.5. The van der Waals surface area contributed by atoms with Gasteiger partial charge in [0, 0.05) is 18.7 Å². The number of nitrogen functional groups attached to an aromatic ring is 1. The van der Waals surface area contributed by atoms with E-state index in [2.05, 4.69) is 22.2 Å². The molecule has 0 spiro atoms. The summed E-state index contributed by atoms with van der Waals surface area (Å²) in [6, 6.07) is 0. The van der Waals surface area contributed by atoms with Crippen molar-refractivity contribution in [1.82, 2.24) is 15.3 Å². The second-order valence-corrected chi connectivity index (χ2v) is 4.20. The molecule has 0 fully saturated rings. The van der Waals surface area contributed by atoms with Crippen molar-refractivity contribution in [3.63, 3.8) is 0 Å². The van der Waals surface area contributed by atoms with Gasteiger partial charge in [0.1, 0.15) is 0 Å². The minimum Gasteiger partial charge on any atom is -0.369 e. The highest BCUT2D eigenvalue weighted by atomic mass is 16.1. The molecule has 0 aliphatic rings. The van der Waals surface area contributed by atoms with Crippen molar-refractivity contribution in [2.75, 3.05) is 12.3 Å². The Kier molecular flexibility index (Phi) is 6.14. The van der Waals surface area contributed by atoms with Crippen LogP contribution in [0.3, 0.4) is 0 Å². The molecule has 1 aromatic rings. The van der Waals surface area contributed by atoms with Gasteiger partial charge in [-0.15, -0.1) is 0 Å². The lowest BCUT2D eigenvalue weighted by Gasteiger charge is -2.04. The number of nitrogens with two attached hydrogens (primary N) is 1. The van der Waals surface area contributed by atoms with Gasteiger partial charge in [-0.3, -0.25) is 4.79 Å². The number of unbranched alkanes of at least 4 members (excludes halogenated alkanes) is 3. The second-order valence-electron chi connectivity index (χ2n) is 4.20. The van der Waals surface area contributed by atoms with Crippen LogP contribution in [-0.4, -0.2) is 22.4 Å². The number of aryl methyl sites for hydroxylation is 1. The number of anilines is 1. The highest BCUT2D eigenvalue weighted by Crippen LogP contribution is 2.01. The predicted octanol–water partition coefficient (Wildman–Crippen LogP) is 1.62. The van der Waals surface area contributed by atoms with Crippen molar-refractivity contribution in [2.45, 2.75) is 45.4 Å². The average Bonchev–Trinajstić information content (AvgIpc) is 2.72. The minimum atomic E-state index is 0.0923. The first kappa shape index (κ1) is 13.5. The number of amides is 1. The molecule has 0 aromatic carbocycles. The van der Waals surface area contributed by atoms with Crippen LogP contribution in [0.15, 0.2) is 6.20 Å². The highest BCUT2D eigenvalue weighted by Gasteiger charge is 2.03. The lowest BCUT2D eigenvalue weighted by atomic mass is 10.2. The van der Waals surface area contributed by atoms with Gasteiger partial charge in [0.2, 0.25) is 5.91 Å². The van der Waals surface area contributed by atoms with Gasteiger partial charge in [0.15, 0.2) is 5.95 Å². The zero-order chi connectivity index (χ0) is 12.5. The lowest BCUT2D eigenvalue weighted by Crippen LogP contribution is -2.24. The summed E-state index contributed by atoms with van der Waals surface area (Å²) in [6.45, 7) is 2.96. The van der Waals surface area contributed by atoms with Crippen molar-refractivity contribution in [3.8, 4) is 0 Å². The van der Waals surface area contributed by atoms with Gasteiger partial charge in [0.05, 0.1) is 6.20 Å². The van der Waals surface area contributed by atoms with Crippen LogP contribution in [0.25, 0.3) is 0 Å². The Labute approximate surface area is 102 Å². The number of H-pyrrole nitrogens is 1. The third kappa shape index (κ3) is 5.94. The number of hydrogen-bond acceptors (Lipinski definition) is 3. The van der Waals surface area contributed by atoms with Crippen LogP contribution in [0.4, 0.5) is 5.95 Å². The summed E-state index contributed by atoms with van der Waals surface area (Å²) in [7, 11) is 0. The van der Waals surface area contributed by atoms with Gasteiger partial charge in [-0.25, -0.2) is 4.98 Å². The highest BCUT2D eigenvalue weighted by molar-refractivity contribution is 5.76. The van der Waals surface area contributed by atoms with Crippen molar-refractivity contribution < 1.29 is 4.79 Å². The largest absolute Gasteiger partial charge is 0.369 e. The molecular formula is C12H22N4O. The molecule has 96 valence electrons. The van der Waals surface area contributed by atoms with E-state index in [1.54, 1.807) is 6.20 Å². The molecule has 0 saturated carbocycles. The van der Waals surface area contributed by atoms with Crippen molar-refractivity contribution in [3.05, 3.63) is 11.9 Å². The summed E-state index contributed by atoms with van der Waals surface area (Å²) >= 11 is 0. The Bertz CT molecular complexity index is 335. The molecule has 0 saturated heterocycles. The van der Waals surface area contributed by atoms with E-state index in [9.17, 15) is 4.79 Å². The number of rotatable bonds is 8. The van der Waals surface area contributed by atoms with Crippen LogP contribution in [0, 0.1) is 0 Å². The number of carbonyl (C=O) groups is 1. The Balaban J connectivity index is 2.05. The minimum absolute atomic E-state index is 0.0923. The van der Waals surface area contributed by atoms with Gasteiger partial charge < -0.3 is 16.0 Å². The van der Waals surface area contributed by atoms with E-state index in [1.807, 2.05) is 0 Å². The fourth-order valence-corrected chi connectivity index (χ4v) is 1.62. The number of nitrogens with zero attached hydrogens (tertiary/aromatic N) is 1. The number of hydrogen-bond donors (Lipinski definition) is 3. The zero-order valence-corrected chi connectivity index (χ0v) is 10.5. The van der Waals surface area contributed by atoms with E-state index in [4.69, 9.17) is 5.73 Å². The Morgan fingerprint density at radius 2 is 2.29 bits per heavy atom. The molecule has 4 N–H and O–H groups in total. The Morgan fingerprint density at radius 3 is 2.94 bits per heavy atom. The third-order valence-electron chi connectivity index (χ3n) is 2.62. The Morgan fingerprint density at radius 1 is 1.47 bits per heavy atom. The first-order valence-corrected chi connectivity index (χ1v) is 6.28. The number of carbonyl (C=O) groups excluding carboxylic acids is 1. The Hall–Kier alpha value is -1.52. The number of imidazole rings is 1. The van der Waals surface area contributed by atoms with E-state index >= 15 is 0 Å².